The average molecular weight is 575 g/mol. The highest BCUT2D eigenvalue weighted by atomic mass is 16.3. The Hall–Kier alpha value is -5.68. The Morgan fingerprint density at radius 2 is 1.45 bits per heavy atom. The highest BCUT2D eigenvalue weighted by molar-refractivity contribution is 6.01. The number of fused-ring (bicyclic) bond motifs is 6. The molecule has 3 heterocycles. The number of hydrogen-bond donors (Lipinski definition) is 0. The van der Waals surface area contributed by atoms with Crippen LogP contribution in [0.3, 0.4) is 0 Å². The minimum absolute atomic E-state index is 0.0573. The monoisotopic (exact) mass is 574 g/mol. The lowest BCUT2D eigenvalue weighted by molar-refractivity contribution is 0.588. The van der Waals surface area contributed by atoms with Crippen molar-refractivity contribution in [3.8, 4) is 11.1 Å². The summed E-state index contributed by atoms with van der Waals surface area (Å²) in [5, 5.41) is 2.62. The Bertz CT molecular complexity index is 2520. The molecule has 1 aliphatic rings. The van der Waals surface area contributed by atoms with Crippen molar-refractivity contribution in [2.24, 2.45) is 0 Å². The molecule has 3 aromatic heterocycles. The van der Waals surface area contributed by atoms with Crippen LogP contribution in [-0.4, -0.2) is 0 Å². The van der Waals surface area contributed by atoms with E-state index in [4.69, 9.17) is 13.3 Å². The Morgan fingerprint density at radius 1 is 0.727 bits per heavy atom. The van der Waals surface area contributed by atoms with Crippen molar-refractivity contribution in [1.29, 1.82) is 0 Å². The van der Waals surface area contributed by atoms with Crippen LogP contribution >= 0.6 is 0 Å². The van der Waals surface area contributed by atoms with Gasteiger partial charge in [-0.2, -0.15) is 0 Å². The topological polar surface area (TPSA) is 73.6 Å². The molecular formula is C39H26O5. The Labute approximate surface area is 251 Å². The SMILES string of the molecule is C=Cc1c(/C=C\C)oc2ccc(C3=CCCc4c3oc3c(-c5ccc6oc7ccccc7c(=O)c6c5)cccc43)cc2c1=O. The Morgan fingerprint density at radius 3 is 2.30 bits per heavy atom. The zero-order valence-corrected chi connectivity index (χ0v) is 24.0. The molecule has 0 aliphatic heterocycles. The summed E-state index contributed by atoms with van der Waals surface area (Å²) < 4.78 is 18.8. The third kappa shape index (κ3) is 3.86. The fourth-order valence-corrected chi connectivity index (χ4v) is 6.40. The molecule has 0 saturated heterocycles. The quantitative estimate of drug-likeness (QED) is 0.196. The van der Waals surface area contributed by atoms with E-state index < -0.39 is 0 Å². The van der Waals surface area contributed by atoms with Gasteiger partial charge in [-0.25, -0.2) is 0 Å². The van der Waals surface area contributed by atoms with Gasteiger partial charge in [0.15, 0.2) is 0 Å². The molecule has 0 amide bonds. The predicted octanol–water partition coefficient (Wildman–Crippen LogP) is 9.52. The first-order valence-corrected chi connectivity index (χ1v) is 14.6. The molecule has 5 nitrogen and oxygen atoms in total. The molecule has 0 saturated carbocycles. The zero-order chi connectivity index (χ0) is 29.9. The van der Waals surface area contributed by atoms with Gasteiger partial charge in [-0.1, -0.05) is 67.3 Å². The summed E-state index contributed by atoms with van der Waals surface area (Å²) in [5.74, 6) is 1.29. The van der Waals surface area contributed by atoms with E-state index in [2.05, 4.69) is 18.7 Å². The van der Waals surface area contributed by atoms with Crippen molar-refractivity contribution in [3.05, 3.63) is 146 Å². The van der Waals surface area contributed by atoms with Crippen LogP contribution in [0.5, 0.6) is 0 Å². The van der Waals surface area contributed by atoms with E-state index in [1.807, 2.05) is 79.7 Å². The Kier molecular flexibility index (Phi) is 5.88. The molecule has 5 heteroatoms. The van der Waals surface area contributed by atoms with Gasteiger partial charge in [-0.05, 0) is 73.4 Å². The summed E-state index contributed by atoms with van der Waals surface area (Å²) in [6, 6.07) is 24.8. The molecule has 8 rings (SSSR count). The number of aryl methyl sites for hydroxylation is 1. The van der Waals surface area contributed by atoms with Crippen LogP contribution in [0.15, 0.2) is 120 Å². The van der Waals surface area contributed by atoms with Gasteiger partial charge in [0.2, 0.25) is 10.9 Å². The van der Waals surface area contributed by atoms with E-state index in [1.54, 1.807) is 18.2 Å². The molecule has 212 valence electrons. The van der Waals surface area contributed by atoms with E-state index in [-0.39, 0.29) is 10.9 Å². The van der Waals surface area contributed by atoms with Gasteiger partial charge in [0, 0.05) is 22.1 Å². The van der Waals surface area contributed by atoms with E-state index in [0.29, 0.717) is 44.2 Å². The van der Waals surface area contributed by atoms with Crippen molar-refractivity contribution >= 4 is 61.6 Å². The predicted molar refractivity (Wildman–Crippen MR) is 178 cm³/mol. The van der Waals surface area contributed by atoms with E-state index in [1.165, 1.54) is 0 Å². The van der Waals surface area contributed by atoms with Crippen LogP contribution in [-0.2, 0) is 6.42 Å². The smallest absolute Gasteiger partial charge is 0.200 e. The largest absolute Gasteiger partial charge is 0.456 e. The van der Waals surface area contributed by atoms with Gasteiger partial charge >= 0.3 is 0 Å². The lowest BCUT2D eigenvalue weighted by Gasteiger charge is -2.14. The van der Waals surface area contributed by atoms with E-state index >= 15 is 0 Å². The van der Waals surface area contributed by atoms with Gasteiger partial charge in [-0.3, -0.25) is 9.59 Å². The van der Waals surface area contributed by atoms with Crippen molar-refractivity contribution in [2.45, 2.75) is 19.8 Å². The molecule has 4 aromatic carbocycles. The maximum Gasteiger partial charge on any atom is 0.200 e. The van der Waals surface area contributed by atoms with Crippen LogP contribution in [0, 0.1) is 0 Å². The molecule has 0 fully saturated rings. The van der Waals surface area contributed by atoms with E-state index in [0.717, 1.165) is 57.4 Å². The molecular weight excluding hydrogens is 548 g/mol. The molecule has 0 bridgehead atoms. The fourth-order valence-electron chi connectivity index (χ4n) is 6.40. The third-order valence-electron chi connectivity index (χ3n) is 8.48. The number of furan rings is 1. The molecule has 0 atom stereocenters. The second-order valence-electron chi connectivity index (χ2n) is 11.0. The first kappa shape index (κ1) is 26.0. The number of rotatable bonds is 4. The summed E-state index contributed by atoms with van der Waals surface area (Å²) in [5.41, 5.74) is 7.41. The first-order chi connectivity index (χ1) is 21.6. The lowest BCUT2D eigenvalue weighted by atomic mass is 9.90. The summed E-state index contributed by atoms with van der Waals surface area (Å²) in [7, 11) is 0. The van der Waals surface area contributed by atoms with Crippen LogP contribution in [0.4, 0.5) is 0 Å². The summed E-state index contributed by atoms with van der Waals surface area (Å²) in [6.45, 7) is 5.71. The molecule has 44 heavy (non-hydrogen) atoms. The Balaban J connectivity index is 1.28. The van der Waals surface area contributed by atoms with Crippen molar-refractivity contribution in [2.75, 3.05) is 0 Å². The van der Waals surface area contributed by atoms with Gasteiger partial charge in [-0.15, -0.1) is 0 Å². The average Bonchev–Trinajstić information content (AvgIpc) is 3.44. The van der Waals surface area contributed by atoms with Gasteiger partial charge in [0.05, 0.1) is 21.7 Å². The van der Waals surface area contributed by atoms with E-state index in [9.17, 15) is 9.59 Å². The molecule has 0 unspecified atom stereocenters. The molecule has 0 radical (unpaired) electrons. The number of para-hydroxylation sites is 2. The maximum atomic E-state index is 13.4. The number of benzene rings is 4. The number of hydrogen-bond acceptors (Lipinski definition) is 5. The van der Waals surface area contributed by atoms with Crippen LogP contribution in [0.1, 0.15) is 41.6 Å². The van der Waals surface area contributed by atoms with Crippen LogP contribution < -0.4 is 10.9 Å². The van der Waals surface area contributed by atoms with Gasteiger partial charge in [0.25, 0.3) is 0 Å². The zero-order valence-electron chi connectivity index (χ0n) is 24.0. The van der Waals surface area contributed by atoms with Crippen LogP contribution in [0.2, 0.25) is 0 Å². The van der Waals surface area contributed by atoms with Crippen molar-refractivity contribution < 1.29 is 13.3 Å². The number of allylic oxidation sites excluding steroid dienone is 2. The molecule has 0 N–H and O–H groups in total. The summed E-state index contributed by atoms with van der Waals surface area (Å²) >= 11 is 0. The van der Waals surface area contributed by atoms with Crippen molar-refractivity contribution in [3.63, 3.8) is 0 Å². The summed E-state index contributed by atoms with van der Waals surface area (Å²) in [6.07, 6.45) is 9.01. The lowest BCUT2D eigenvalue weighted by Crippen LogP contribution is -2.08. The van der Waals surface area contributed by atoms with Crippen molar-refractivity contribution in [1.82, 2.24) is 0 Å². The highest BCUT2D eigenvalue weighted by Crippen LogP contribution is 2.42. The summed E-state index contributed by atoms with van der Waals surface area (Å²) in [4.78, 5) is 26.8. The highest BCUT2D eigenvalue weighted by Gasteiger charge is 2.24. The molecule has 7 aromatic rings. The third-order valence-corrected chi connectivity index (χ3v) is 8.48. The second-order valence-corrected chi connectivity index (χ2v) is 11.0. The molecule has 0 spiro atoms. The minimum atomic E-state index is -0.117. The standard InChI is InChI=1S/C39H26O5/c1-3-9-32-24(4-2)36(40)30-20-22(16-18-34(30)42-32)25-11-7-13-27-28-14-8-12-26(39(28)44-38(25)27)23-17-19-35-31(21-23)37(41)29-10-5-6-15-33(29)43-35/h3-6,8-12,14-21H,2,7,13H2,1H3/b9-3-. The maximum absolute atomic E-state index is 13.4. The fraction of sp³-hybridized carbons (Fsp3) is 0.0769. The normalized spacial score (nSPS) is 13.2. The van der Waals surface area contributed by atoms with Gasteiger partial charge in [0.1, 0.15) is 33.9 Å². The second kappa shape index (κ2) is 9.96. The van der Waals surface area contributed by atoms with Gasteiger partial charge < -0.3 is 13.3 Å². The first-order valence-electron chi connectivity index (χ1n) is 14.6. The van der Waals surface area contributed by atoms with Crippen LogP contribution in [0.25, 0.3) is 72.7 Å². The molecule has 1 aliphatic carbocycles. The minimum Gasteiger partial charge on any atom is -0.456 e.